The van der Waals surface area contributed by atoms with Crippen LogP contribution in [-0.2, 0) is 23.6 Å². The van der Waals surface area contributed by atoms with Crippen LogP contribution in [0, 0.1) is 5.92 Å². The van der Waals surface area contributed by atoms with Gasteiger partial charge in [-0.25, -0.2) is 4.79 Å². The number of imidazole rings is 1. The number of carbonyl (C=O) groups excluding carboxylic acids is 1. The standard InChI is InChI=1S/C18H26N6O4/c1-22-13-14(23(2)18(27)21-16(13)26)20-17(22)24-7-5-11(6-8-24)10-19-15(25)12-4-3-9-28-12/h11-12H,3-10H2,1-2H3,(H,19,25)(H,21,26,27)/t12-/m1/s1. The summed E-state index contributed by atoms with van der Waals surface area (Å²) in [4.78, 5) is 45.1. The lowest BCUT2D eigenvalue weighted by molar-refractivity contribution is -0.130. The average Bonchev–Trinajstić information content (AvgIpc) is 3.33. The molecule has 2 N–H and O–H groups in total. The van der Waals surface area contributed by atoms with Crippen molar-refractivity contribution in [2.45, 2.75) is 31.8 Å². The number of piperidine rings is 1. The summed E-state index contributed by atoms with van der Waals surface area (Å²) >= 11 is 0. The summed E-state index contributed by atoms with van der Waals surface area (Å²) in [7, 11) is 3.39. The highest BCUT2D eigenvalue weighted by Crippen LogP contribution is 2.24. The van der Waals surface area contributed by atoms with Gasteiger partial charge in [-0.15, -0.1) is 0 Å². The van der Waals surface area contributed by atoms with E-state index in [4.69, 9.17) is 4.74 Å². The molecule has 0 unspecified atom stereocenters. The fourth-order valence-electron chi connectivity index (χ4n) is 4.06. The van der Waals surface area contributed by atoms with E-state index >= 15 is 0 Å². The Morgan fingerprint density at radius 3 is 2.64 bits per heavy atom. The molecule has 4 rings (SSSR count). The summed E-state index contributed by atoms with van der Waals surface area (Å²) in [6.45, 7) is 2.89. The summed E-state index contributed by atoms with van der Waals surface area (Å²) in [5.74, 6) is 1.09. The van der Waals surface area contributed by atoms with E-state index in [2.05, 4.69) is 20.2 Å². The molecule has 1 atom stereocenters. The van der Waals surface area contributed by atoms with Crippen molar-refractivity contribution in [1.82, 2.24) is 24.4 Å². The molecule has 152 valence electrons. The number of nitrogens with one attached hydrogen (secondary N) is 2. The van der Waals surface area contributed by atoms with E-state index in [1.807, 2.05) is 0 Å². The summed E-state index contributed by atoms with van der Waals surface area (Å²) in [5, 5.41) is 3.02. The first kappa shape index (κ1) is 18.7. The molecule has 0 aliphatic carbocycles. The summed E-state index contributed by atoms with van der Waals surface area (Å²) in [6, 6.07) is 0. The van der Waals surface area contributed by atoms with Crippen molar-refractivity contribution in [3.05, 3.63) is 20.8 Å². The number of amides is 1. The Balaban J connectivity index is 1.41. The molecule has 0 bridgehead atoms. The number of aryl methyl sites for hydroxylation is 2. The molecule has 0 aromatic carbocycles. The summed E-state index contributed by atoms with van der Waals surface area (Å²) < 4.78 is 8.51. The lowest BCUT2D eigenvalue weighted by Gasteiger charge is -2.32. The van der Waals surface area contributed by atoms with E-state index < -0.39 is 11.2 Å². The Morgan fingerprint density at radius 2 is 1.96 bits per heavy atom. The highest BCUT2D eigenvalue weighted by molar-refractivity contribution is 5.81. The molecule has 2 saturated heterocycles. The fraction of sp³-hybridized carbons (Fsp3) is 0.667. The predicted molar refractivity (Wildman–Crippen MR) is 103 cm³/mol. The van der Waals surface area contributed by atoms with Crippen LogP contribution < -0.4 is 21.5 Å². The molecule has 2 aromatic heterocycles. The van der Waals surface area contributed by atoms with Crippen molar-refractivity contribution in [1.29, 1.82) is 0 Å². The second-order valence-corrected chi connectivity index (χ2v) is 7.64. The van der Waals surface area contributed by atoms with Crippen LogP contribution in [0.2, 0.25) is 0 Å². The van der Waals surface area contributed by atoms with Crippen LogP contribution in [0.3, 0.4) is 0 Å². The largest absolute Gasteiger partial charge is 0.368 e. The van der Waals surface area contributed by atoms with Crippen LogP contribution in [0.5, 0.6) is 0 Å². The van der Waals surface area contributed by atoms with Crippen molar-refractivity contribution in [2.24, 2.45) is 20.0 Å². The van der Waals surface area contributed by atoms with Gasteiger partial charge in [0.15, 0.2) is 11.2 Å². The molecule has 28 heavy (non-hydrogen) atoms. The number of fused-ring (bicyclic) bond motifs is 1. The van der Waals surface area contributed by atoms with Crippen molar-refractivity contribution >= 4 is 23.0 Å². The first-order valence-corrected chi connectivity index (χ1v) is 9.75. The molecule has 10 nitrogen and oxygen atoms in total. The minimum Gasteiger partial charge on any atom is -0.368 e. The van der Waals surface area contributed by atoms with Gasteiger partial charge in [-0.05, 0) is 31.6 Å². The van der Waals surface area contributed by atoms with E-state index in [1.54, 1.807) is 18.7 Å². The van der Waals surface area contributed by atoms with Crippen LogP contribution in [-0.4, -0.2) is 57.4 Å². The monoisotopic (exact) mass is 390 g/mol. The number of aromatic amines is 1. The highest BCUT2D eigenvalue weighted by Gasteiger charge is 2.27. The zero-order valence-corrected chi connectivity index (χ0v) is 16.2. The number of nitrogens with zero attached hydrogens (tertiary/aromatic N) is 4. The molecule has 10 heteroatoms. The Bertz CT molecular complexity index is 992. The van der Waals surface area contributed by atoms with Gasteiger partial charge in [-0.1, -0.05) is 0 Å². The maximum absolute atomic E-state index is 12.2. The molecule has 2 aromatic rings. The van der Waals surface area contributed by atoms with Gasteiger partial charge in [0.25, 0.3) is 5.56 Å². The summed E-state index contributed by atoms with van der Waals surface area (Å²) in [6.07, 6.45) is 3.31. The second-order valence-electron chi connectivity index (χ2n) is 7.64. The maximum atomic E-state index is 12.2. The second kappa shape index (κ2) is 7.42. The predicted octanol–water partition coefficient (Wildman–Crippen LogP) is -0.528. The van der Waals surface area contributed by atoms with E-state index in [-0.39, 0.29) is 12.0 Å². The molecule has 0 spiro atoms. The lowest BCUT2D eigenvalue weighted by atomic mass is 9.97. The van der Waals surface area contributed by atoms with Crippen LogP contribution in [0.4, 0.5) is 5.95 Å². The van der Waals surface area contributed by atoms with Gasteiger partial charge >= 0.3 is 5.69 Å². The molecule has 2 fully saturated rings. The van der Waals surface area contributed by atoms with E-state index in [9.17, 15) is 14.4 Å². The van der Waals surface area contributed by atoms with Gasteiger partial charge in [-0.3, -0.25) is 19.1 Å². The SMILES string of the molecule is Cn1c(N2CCC(CNC(=O)[C@H]3CCCO3)CC2)nc2c1c(=O)[nH]c(=O)n2C. The van der Waals surface area contributed by atoms with Crippen LogP contribution in [0.15, 0.2) is 9.59 Å². The minimum absolute atomic E-state index is 0.00424. The van der Waals surface area contributed by atoms with Crippen molar-refractivity contribution in [3.63, 3.8) is 0 Å². The van der Waals surface area contributed by atoms with Crippen molar-refractivity contribution in [3.8, 4) is 0 Å². The number of rotatable bonds is 4. The minimum atomic E-state index is -0.470. The number of aromatic nitrogens is 4. The number of anilines is 1. The van der Waals surface area contributed by atoms with E-state index in [1.165, 1.54) is 4.57 Å². The smallest absolute Gasteiger partial charge is 0.329 e. The first-order chi connectivity index (χ1) is 13.5. The van der Waals surface area contributed by atoms with Crippen LogP contribution in [0.1, 0.15) is 25.7 Å². The van der Waals surface area contributed by atoms with E-state index in [0.29, 0.717) is 36.2 Å². The third-order valence-electron chi connectivity index (χ3n) is 5.80. The quantitative estimate of drug-likeness (QED) is 0.726. The zero-order chi connectivity index (χ0) is 19.8. The van der Waals surface area contributed by atoms with Crippen LogP contribution in [0.25, 0.3) is 11.2 Å². The van der Waals surface area contributed by atoms with Crippen LogP contribution >= 0.6 is 0 Å². The zero-order valence-electron chi connectivity index (χ0n) is 16.2. The molecular formula is C18H26N6O4. The third kappa shape index (κ3) is 3.32. The molecular weight excluding hydrogens is 364 g/mol. The number of H-pyrrole nitrogens is 1. The molecule has 0 saturated carbocycles. The molecule has 2 aliphatic rings. The number of carbonyl (C=O) groups is 1. The van der Waals surface area contributed by atoms with Crippen molar-refractivity contribution in [2.75, 3.05) is 31.1 Å². The lowest BCUT2D eigenvalue weighted by Crippen LogP contribution is -2.42. The Kier molecular flexibility index (Phi) is 4.96. The molecule has 1 amide bonds. The molecule has 4 heterocycles. The molecule has 2 aliphatic heterocycles. The average molecular weight is 390 g/mol. The molecule has 0 radical (unpaired) electrons. The topological polar surface area (TPSA) is 114 Å². The first-order valence-electron chi connectivity index (χ1n) is 9.75. The number of hydrogen-bond donors (Lipinski definition) is 2. The van der Waals surface area contributed by atoms with E-state index in [0.717, 1.165) is 38.8 Å². The summed E-state index contributed by atoms with van der Waals surface area (Å²) in [5.41, 5.74) is -0.117. The number of hydrogen-bond acceptors (Lipinski definition) is 6. The van der Waals surface area contributed by atoms with Gasteiger partial charge in [0.1, 0.15) is 6.10 Å². The maximum Gasteiger partial charge on any atom is 0.329 e. The van der Waals surface area contributed by atoms with Gasteiger partial charge < -0.3 is 19.5 Å². The van der Waals surface area contributed by atoms with Crippen molar-refractivity contribution < 1.29 is 9.53 Å². The van der Waals surface area contributed by atoms with Gasteiger partial charge in [0.05, 0.1) is 0 Å². The van der Waals surface area contributed by atoms with Gasteiger partial charge in [-0.2, -0.15) is 4.98 Å². The third-order valence-corrected chi connectivity index (χ3v) is 5.80. The Morgan fingerprint density at radius 1 is 1.21 bits per heavy atom. The highest BCUT2D eigenvalue weighted by atomic mass is 16.5. The van der Waals surface area contributed by atoms with Gasteiger partial charge in [0, 0.05) is 40.3 Å². The number of ether oxygens (including phenoxy) is 1. The normalized spacial score (nSPS) is 20.8. The van der Waals surface area contributed by atoms with Gasteiger partial charge in [0.2, 0.25) is 11.9 Å². The Hall–Kier alpha value is -2.62. The Labute approximate surface area is 161 Å². The fourth-order valence-corrected chi connectivity index (χ4v) is 4.06.